The summed E-state index contributed by atoms with van der Waals surface area (Å²) in [5.74, 6) is 0.471. The van der Waals surface area contributed by atoms with Crippen LogP contribution in [0, 0.1) is 13.8 Å². The smallest absolute Gasteiger partial charge is 0.256 e. The summed E-state index contributed by atoms with van der Waals surface area (Å²) in [7, 11) is 0. The molecule has 1 N–H and O–H groups in total. The van der Waals surface area contributed by atoms with E-state index in [1.807, 2.05) is 32.0 Å². The van der Waals surface area contributed by atoms with Crippen molar-refractivity contribution in [1.82, 2.24) is 4.90 Å². The second kappa shape index (κ2) is 9.11. The second-order valence-corrected chi connectivity index (χ2v) is 7.54. The zero-order chi connectivity index (χ0) is 20.1. The SMILES string of the molecule is Cc1ccc(OCCC(=O)Nc2ccc(Cl)cc2C(=O)N2CCCC2)c(C)c1. The van der Waals surface area contributed by atoms with Crippen molar-refractivity contribution in [1.29, 1.82) is 0 Å². The van der Waals surface area contributed by atoms with Gasteiger partial charge in [-0.3, -0.25) is 9.59 Å². The number of benzene rings is 2. The van der Waals surface area contributed by atoms with Gasteiger partial charge in [0.25, 0.3) is 5.91 Å². The molecule has 3 rings (SSSR count). The maximum Gasteiger partial charge on any atom is 0.256 e. The summed E-state index contributed by atoms with van der Waals surface area (Å²) in [6, 6.07) is 10.9. The summed E-state index contributed by atoms with van der Waals surface area (Å²) in [5, 5.41) is 3.30. The van der Waals surface area contributed by atoms with Gasteiger partial charge in [0.2, 0.25) is 5.91 Å². The van der Waals surface area contributed by atoms with E-state index in [-0.39, 0.29) is 24.8 Å². The number of hydrogen-bond donors (Lipinski definition) is 1. The fourth-order valence-corrected chi connectivity index (χ4v) is 3.49. The molecule has 0 aromatic heterocycles. The summed E-state index contributed by atoms with van der Waals surface area (Å²) in [4.78, 5) is 26.9. The highest BCUT2D eigenvalue weighted by Gasteiger charge is 2.23. The average Bonchev–Trinajstić information content (AvgIpc) is 3.19. The Hall–Kier alpha value is -2.53. The molecule has 1 fully saturated rings. The molecule has 1 heterocycles. The van der Waals surface area contributed by atoms with Gasteiger partial charge in [0.15, 0.2) is 0 Å². The lowest BCUT2D eigenvalue weighted by Gasteiger charge is -2.18. The molecule has 1 saturated heterocycles. The number of amides is 2. The van der Waals surface area contributed by atoms with E-state index >= 15 is 0 Å². The Morgan fingerprint density at radius 3 is 2.57 bits per heavy atom. The number of carbonyl (C=O) groups is 2. The first-order chi connectivity index (χ1) is 13.4. The molecule has 0 radical (unpaired) electrons. The monoisotopic (exact) mass is 400 g/mol. The molecule has 6 heteroatoms. The van der Waals surface area contributed by atoms with Gasteiger partial charge in [-0.25, -0.2) is 0 Å². The first kappa shape index (κ1) is 20.2. The number of anilines is 1. The van der Waals surface area contributed by atoms with Crippen LogP contribution in [0.3, 0.4) is 0 Å². The van der Waals surface area contributed by atoms with Crippen LogP contribution < -0.4 is 10.1 Å². The standard InChI is InChI=1S/C22H25ClN2O3/c1-15-5-8-20(16(2)13-15)28-12-9-21(26)24-19-7-6-17(23)14-18(19)22(27)25-10-3-4-11-25/h5-8,13-14H,3-4,9-12H2,1-2H3,(H,24,26). The fraction of sp³-hybridized carbons (Fsp3) is 0.364. The highest BCUT2D eigenvalue weighted by molar-refractivity contribution is 6.31. The number of rotatable bonds is 6. The van der Waals surface area contributed by atoms with Gasteiger partial charge in [-0.15, -0.1) is 0 Å². The van der Waals surface area contributed by atoms with Gasteiger partial charge >= 0.3 is 0 Å². The van der Waals surface area contributed by atoms with Crippen molar-refractivity contribution < 1.29 is 14.3 Å². The van der Waals surface area contributed by atoms with Crippen LogP contribution in [0.15, 0.2) is 36.4 Å². The minimum Gasteiger partial charge on any atom is -0.493 e. The largest absolute Gasteiger partial charge is 0.493 e. The molecule has 148 valence electrons. The molecule has 1 aliphatic heterocycles. The van der Waals surface area contributed by atoms with Crippen LogP contribution >= 0.6 is 11.6 Å². The summed E-state index contributed by atoms with van der Waals surface area (Å²) in [5.41, 5.74) is 3.12. The maximum atomic E-state index is 12.8. The third-order valence-electron chi connectivity index (χ3n) is 4.80. The van der Waals surface area contributed by atoms with Gasteiger partial charge in [-0.2, -0.15) is 0 Å². The number of aryl methyl sites for hydroxylation is 2. The van der Waals surface area contributed by atoms with Gasteiger partial charge in [-0.05, 0) is 56.5 Å². The van der Waals surface area contributed by atoms with Gasteiger partial charge < -0.3 is 15.0 Å². The van der Waals surface area contributed by atoms with E-state index < -0.39 is 0 Å². The van der Waals surface area contributed by atoms with Crippen LogP contribution in [0.5, 0.6) is 5.75 Å². The lowest BCUT2D eigenvalue weighted by molar-refractivity contribution is -0.116. The van der Waals surface area contributed by atoms with Crippen LogP contribution in [0.25, 0.3) is 0 Å². The molecule has 0 bridgehead atoms. The molecule has 0 saturated carbocycles. The highest BCUT2D eigenvalue weighted by atomic mass is 35.5. The Bertz CT molecular complexity index is 876. The number of ether oxygens (including phenoxy) is 1. The van der Waals surface area contributed by atoms with Crippen molar-refractivity contribution >= 4 is 29.1 Å². The van der Waals surface area contributed by atoms with Crippen LogP contribution in [0.2, 0.25) is 5.02 Å². The maximum absolute atomic E-state index is 12.8. The van der Waals surface area contributed by atoms with E-state index in [0.717, 1.165) is 37.2 Å². The van der Waals surface area contributed by atoms with Crippen LogP contribution in [0.4, 0.5) is 5.69 Å². The van der Waals surface area contributed by atoms with Gasteiger partial charge in [-0.1, -0.05) is 29.3 Å². The topological polar surface area (TPSA) is 58.6 Å². The Balaban J connectivity index is 1.61. The first-order valence-corrected chi connectivity index (χ1v) is 9.90. The fourth-order valence-electron chi connectivity index (χ4n) is 3.32. The molecule has 5 nitrogen and oxygen atoms in total. The zero-order valence-electron chi connectivity index (χ0n) is 16.3. The number of carbonyl (C=O) groups excluding carboxylic acids is 2. The van der Waals surface area contributed by atoms with E-state index in [1.54, 1.807) is 23.1 Å². The van der Waals surface area contributed by atoms with Crippen molar-refractivity contribution in [3.8, 4) is 5.75 Å². The Labute approximate surface area is 170 Å². The van der Waals surface area contributed by atoms with E-state index in [1.165, 1.54) is 5.56 Å². The molecular weight excluding hydrogens is 376 g/mol. The van der Waals surface area contributed by atoms with Crippen molar-refractivity contribution in [2.24, 2.45) is 0 Å². The van der Waals surface area contributed by atoms with E-state index in [0.29, 0.717) is 16.3 Å². The highest BCUT2D eigenvalue weighted by Crippen LogP contribution is 2.24. The van der Waals surface area contributed by atoms with Crippen LogP contribution in [-0.2, 0) is 4.79 Å². The molecule has 0 atom stereocenters. The zero-order valence-corrected chi connectivity index (χ0v) is 17.0. The predicted octanol–water partition coefficient (Wildman–Crippen LogP) is 4.60. The Morgan fingerprint density at radius 2 is 1.86 bits per heavy atom. The number of nitrogens with zero attached hydrogens (tertiary/aromatic N) is 1. The van der Waals surface area contributed by atoms with Crippen molar-refractivity contribution in [2.45, 2.75) is 33.1 Å². The molecule has 2 aromatic rings. The quantitative estimate of drug-likeness (QED) is 0.770. The third kappa shape index (κ3) is 5.04. The van der Waals surface area contributed by atoms with Crippen molar-refractivity contribution in [2.75, 3.05) is 25.0 Å². The minimum atomic E-state index is -0.206. The lowest BCUT2D eigenvalue weighted by Crippen LogP contribution is -2.29. The predicted molar refractivity (Wildman–Crippen MR) is 111 cm³/mol. The second-order valence-electron chi connectivity index (χ2n) is 7.10. The molecule has 2 amide bonds. The Kier molecular flexibility index (Phi) is 6.57. The molecular formula is C22H25ClN2O3. The molecule has 0 spiro atoms. The van der Waals surface area contributed by atoms with Gasteiger partial charge in [0.1, 0.15) is 5.75 Å². The molecule has 0 aliphatic carbocycles. The summed E-state index contributed by atoms with van der Waals surface area (Å²) in [6.07, 6.45) is 2.20. The van der Waals surface area contributed by atoms with Crippen molar-refractivity contribution in [3.05, 3.63) is 58.1 Å². The van der Waals surface area contributed by atoms with Crippen molar-refractivity contribution in [3.63, 3.8) is 0 Å². The first-order valence-electron chi connectivity index (χ1n) is 9.53. The van der Waals surface area contributed by atoms with Gasteiger partial charge in [0.05, 0.1) is 24.3 Å². The van der Waals surface area contributed by atoms with Gasteiger partial charge in [0, 0.05) is 18.1 Å². The average molecular weight is 401 g/mol. The van der Waals surface area contributed by atoms with E-state index in [4.69, 9.17) is 16.3 Å². The molecule has 28 heavy (non-hydrogen) atoms. The molecule has 1 aliphatic rings. The van der Waals surface area contributed by atoms with E-state index in [9.17, 15) is 9.59 Å². The summed E-state index contributed by atoms with van der Waals surface area (Å²) in [6.45, 7) is 5.74. The summed E-state index contributed by atoms with van der Waals surface area (Å²) < 4.78 is 5.72. The Morgan fingerprint density at radius 1 is 1.11 bits per heavy atom. The van der Waals surface area contributed by atoms with Crippen LogP contribution in [-0.4, -0.2) is 36.4 Å². The normalized spacial score (nSPS) is 13.5. The van der Waals surface area contributed by atoms with E-state index in [2.05, 4.69) is 5.32 Å². The number of halogens is 1. The third-order valence-corrected chi connectivity index (χ3v) is 5.03. The number of likely N-dealkylation sites (tertiary alicyclic amines) is 1. The lowest BCUT2D eigenvalue weighted by atomic mass is 10.1. The number of hydrogen-bond acceptors (Lipinski definition) is 3. The van der Waals surface area contributed by atoms with Crippen LogP contribution in [0.1, 0.15) is 40.7 Å². The molecule has 0 unspecified atom stereocenters. The number of nitrogens with one attached hydrogen (secondary N) is 1. The summed E-state index contributed by atoms with van der Waals surface area (Å²) >= 11 is 6.08. The molecule has 2 aromatic carbocycles. The minimum absolute atomic E-state index is 0.0955.